The largest absolute Gasteiger partial charge is 0.375 e. The zero-order chi connectivity index (χ0) is 15.0. The molecule has 0 amide bonds. The number of nitrogens with zero attached hydrogens (tertiary/aromatic N) is 2. The number of thiophene rings is 1. The number of halogens is 2. The van der Waals surface area contributed by atoms with E-state index >= 15 is 0 Å². The lowest BCUT2D eigenvalue weighted by Gasteiger charge is -2.22. The summed E-state index contributed by atoms with van der Waals surface area (Å²) in [6.07, 6.45) is 0.708. The van der Waals surface area contributed by atoms with Crippen LogP contribution in [-0.4, -0.2) is 15.8 Å². The summed E-state index contributed by atoms with van der Waals surface area (Å²) in [5, 5.41) is 9.65. The molecule has 1 aromatic heterocycles. The van der Waals surface area contributed by atoms with Gasteiger partial charge in [-0.3, -0.25) is 0 Å². The molecule has 1 aromatic carbocycles. The van der Waals surface area contributed by atoms with Crippen molar-refractivity contribution in [2.75, 3.05) is 0 Å². The molecular weight excluding hydrogens is 345 g/mol. The lowest BCUT2D eigenvalue weighted by Crippen LogP contribution is -2.31. The second-order valence-corrected chi connectivity index (χ2v) is 6.80. The summed E-state index contributed by atoms with van der Waals surface area (Å²) in [6.45, 7) is 0. The Labute approximate surface area is 142 Å². The van der Waals surface area contributed by atoms with Crippen molar-refractivity contribution in [2.45, 2.75) is 12.5 Å². The summed E-state index contributed by atoms with van der Waals surface area (Å²) in [4.78, 5) is 1.11. The molecule has 0 bridgehead atoms. The van der Waals surface area contributed by atoms with Crippen LogP contribution >= 0.6 is 46.8 Å². The lowest BCUT2D eigenvalue weighted by molar-refractivity contribution is 0.373. The smallest absolute Gasteiger partial charge is 0.187 e. The minimum atomic E-state index is -0.0932. The molecule has 1 unspecified atom stereocenters. The van der Waals surface area contributed by atoms with Crippen molar-refractivity contribution >= 4 is 57.6 Å². The topological polar surface area (TPSA) is 41.6 Å². The van der Waals surface area contributed by atoms with Gasteiger partial charge in [0.15, 0.2) is 5.11 Å². The van der Waals surface area contributed by atoms with Gasteiger partial charge in [0.1, 0.15) is 0 Å². The van der Waals surface area contributed by atoms with Crippen molar-refractivity contribution in [3.8, 4) is 0 Å². The number of nitrogens with two attached hydrogens (primary N) is 1. The highest BCUT2D eigenvalue weighted by molar-refractivity contribution is 7.80. The Morgan fingerprint density at radius 3 is 2.81 bits per heavy atom. The highest BCUT2D eigenvalue weighted by atomic mass is 35.5. The van der Waals surface area contributed by atoms with E-state index in [1.54, 1.807) is 22.4 Å². The van der Waals surface area contributed by atoms with Gasteiger partial charge in [-0.1, -0.05) is 35.3 Å². The predicted molar refractivity (Wildman–Crippen MR) is 93.3 cm³/mol. The van der Waals surface area contributed by atoms with Crippen LogP contribution in [0, 0.1) is 0 Å². The molecule has 0 saturated carbocycles. The first-order valence-electron chi connectivity index (χ1n) is 6.21. The zero-order valence-corrected chi connectivity index (χ0v) is 13.9. The molecule has 2 heterocycles. The lowest BCUT2D eigenvalue weighted by atomic mass is 10.0. The first-order valence-corrected chi connectivity index (χ1v) is 8.25. The van der Waals surface area contributed by atoms with Crippen molar-refractivity contribution in [3.05, 3.63) is 56.2 Å². The van der Waals surface area contributed by atoms with Crippen LogP contribution in [0.5, 0.6) is 0 Å². The minimum Gasteiger partial charge on any atom is -0.375 e. The normalized spacial score (nSPS) is 17.9. The zero-order valence-electron chi connectivity index (χ0n) is 10.8. The molecule has 21 heavy (non-hydrogen) atoms. The maximum Gasteiger partial charge on any atom is 0.187 e. The highest BCUT2D eigenvalue weighted by Crippen LogP contribution is 2.37. The van der Waals surface area contributed by atoms with Gasteiger partial charge in [-0.05, 0) is 41.4 Å². The monoisotopic (exact) mass is 355 g/mol. The van der Waals surface area contributed by atoms with Crippen LogP contribution in [-0.2, 0) is 0 Å². The number of thiocarbonyl (C=S) groups is 1. The van der Waals surface area contributed by atoms with Gasteiger partial charge in [0.2, 0.25) is 0 Å². The van der Waals surface area contributed by atoms with Crippen molar-refractivity contribution in [2.24, 2.45) is 10.8 Å². The van der Waals surface area contributed by atoms with Gasteiger partial charge >= 0.3 is 0 Å². The van der Waals surface area contributed by atoms with Crippen LogP contribution in [0.25, 0.3) is 0 Å². The number of benzene rings is 1. The van der Waals surface area contributed by atoms with Crippen LogP contribution in [0.4, 0.5) is 0 Å². The number of rotatable bonds is 2. The van der Waals surface area contributed by atoms with Gasteiger partial charge in [0.25, 0.3) is 0 Å². The molecule has 1 atom stereocenters. The SMILES string of the molecule is NC(=S)N1N=C(c2cccs2)CC1c1ccc(Cl)cc1Cl. The molecular formula is C14H11Cl2N3S2. The van der Waals surface area contributed by atoms with E-state index in [0.717, 1.165) is 16.2 Å². The molecule has 1 aliphatic heterocycles. The maximum atomic E-state index is 6.31. The van der Waals surface area contributed by atoms with E-state index in [1.165, 1.54) is 0 Å². The van der Waals surface area contributed by atoms with Crippen LogP contribution < -0.4 is 5.73 Å². The Hall–Kier alpha value is -1.14. The fraction of sp³-hybridized carbons (Fsp3) is 0.143. The van der Waals surface area contributed by atoms with Crippen molar-refractivity contribution in [1.82, 2.24) is 5.01 Å². The molecule has 2 N–H and O–H groups in total. The van der Waals surface area contributed by atoms with E-state index in [0.29, 0.717) is 16.5 Å². The summed E-state index contributed by atoms with van der Waals surface area (Å²) in [7, 11) is 0. The number of hydrazone groups is 1. The summed E-state index contributed by atoms with van der Waals surface area (Å²) < 4.78 is 0. The van der Waals surface area contributed by atoms with Crippen LogP contribution in [0.2, 0.25) is 10.0 Å². The van der Waals surface area contributed by atoms with Gasteiger partial charge in [0, 0.05) is 16.5 Å². The molecule has 0 radical (unpaired) electrons. The third-order valence-electron chi connectivity index (χ3n) is 3.26. The van der Waals surface area contributed by atoms with E-state index in [4.69, 9.17) is 41.2 Å². The molecule has 0 spiro atoms. The summed E-state index contributed by atoms with van der Waals surface area (Å²) in [5.74, 6) is 0. The molecule has 2 aromatic rings. The number of hydrogen-bond acceptors (Lipinski definition) is 3. The van der Waals surface area contributed by atoms with E-state index in [1.807, 2.05) is 29.6 Å². The highest BCUT2D eigenvalue weighted by Gasteiger charge is 2.32. The van der Waals surface area contributed by atoms with Gasteiger partial charge < -0.3 is 5.73 Å². The summed E-state index contributed by atoms with van der Waals surface area (Å²) >= 11 is 19.0. The minimum absolute atomic E-state index is 0.0932. The van der Waals surface area contributed by atoms with Gasteiger partial charge in [-0.2, -0.15) is 5.10 Å². The average Bonchev–Trinajstić information content (AvgIpc) is 3.07. The third kappa shape index (κ3) is 2.92. The van der Waals surface area contributed by atoms with Crippen molar-refractivity contribution in [1.29, 1.82) is 0 Å². The quantitative estimate of drug-likeness (QED) is 0.809. The molecule has 108 valence electrons. The van der Waals surface area contributed by atoms with Crippen molar-refractivity contribution < 1.29 is 0 Å². The Morgan fingerprint density at radius 1 is 1.38 bits per heavy atom. The molecule has 3 nitrogen and oxygen atoms in total. The predicted octanol–water partition coefficient (Wildman–Crippen LogP) is 4.45. The average molecular weight is 356 g/mol. The first-order chi connectivity index (χ1) is 10.1. The fourth-order valence-corrected chi connectivity index (χ4v) is 3.74. The standard InChI is InChI=1S/C14H11Cl2N3S2/c15-8-3-4-9(10(16)6-8)12-7-11(13-2-1-5-21-13)18-19(12)14(17)20/h1-6,12H,7H2,(H2,17,20). The van der Waals surface area contributed by atoms with Crippen molar-refractivity contribution in [3.63, 3.8) is 0 Å². The molecule has 0 saturated heterocycles. The fourth-order valence-electron chi connectivity index (χ4n) is 2.32. The summed E-state index contributed by atoms with van der Waals surface area (Å²) in [6, 6.07) is 9.36. The Kier molecular flexibility index (Phi) is 4.17. The number of hydrogen-bond donors (Lipinski definition) is 1. The third-order valence-corrected chi connectivity index (χ3v) is 4.93. The van der Waals surface area contributed by atoms with Gasteiger partial charge in [0.05, 0.1) is 16.6 Å². The van der Waals surface area contributed by atoms with Gasteiger partial charge in [-0.15, -0.1) is 11.3 Å². The molecule has 0 aliphatic carbocycles. The molecule has 3 rings (SSSR count). The summed E-state index contributed by atoms with van der Waals surface area (Å²) in [5.41, 5.74) is 7.69. The Morgan fingerprint density at radius 2 is 2.19 bits per heavy atom. The van der Waals surface area contributed by atoms with Crippen LogP contribution in [0.1, 0.15) is 22.9 Å². The van der Waals surface area contributed by atoms with E-state index in [-0.39, 0.29) is 11.2 Å². The van der Waals surface area contributed by atoms with E-state index < -0.39 is 0 Å². The second kappa shape index (κ2) is 5.93. The van der Waals surface area contributed by atoms with E-state index in [2.05, 4.69) is 5.10 Å². The Balaban J connectivity index is 1.98. The maximum absolute atomic E-state index is 6.31. The first kappa shape index (κ1) is 14.8. The van der Waals surface area contributed by atoms with Crippen LogP contribution in [0.15, 0.2) is 40.8 Å². The van der Waals surface area contributed by atoms with Crippen LogP contribution in [0.3, 0.4) is 0 Å². The van der Waals surface area contributed by atoms with Gasteiger partial charge in [-0.25, -0.2) is 5.01 Å². The molecule has 1 aliphatic rings. The molecule has 7 heteroatoms. The Bertz CT molecular complexity index is 713. The molecule has 0 fully saturated rings. The van der Waals surface area contributed by atoms with E-state index in [9.17, 15) is 0 Å². The second-order valence-electron chi connectivity index (χ2n) is 4.59.